The molecular formula is C21H31NO6S. The van der Waals surface area contributed by atoms with Gasteiger partial charge in [0.1, 0.15) is 5.75 Å². The first-order chi connectivity index (χ1) is 13.9. The van der Waals surface area contributed by atoms with Crippen LogP contribution in [0, 0.1) is 0 Å². The van der Waals surface area contributed by atoms with Gasteiger partial charge in [0.05, 0.1) is 18.1 Å². The third-order valence-electron chi connectivity index (χ3n) is 4.95. The van der Waals surface area contributed by atoms with Crippen LogP contribution >= 0.6 is 0 Å². The number of unbranched alkanes of at least 4 members (excludes halogenated alkanes) is 1. The number of hydrogen-bond acceptors (Lipinski definition) is 6. The van der Waals surface area contributed by atoms with Crippen LogP contribution in [0.25, 0.3) is 0 Å². The predicted molar refractivity (Wildman–Crippen MR) is 111 cm³/mol. The molecule has 7 nitrogen and oxygen atoms in total. The quantitative estimate of drug-likeness (QED) is 0.506. The van der Waals surface area contributed by atoms with Crippen LogP contribution in [-0.2, 0) is 30.6 Å². The molecule has 0 aliphatic carbocycles. The van der Waals surface area contributed by atoms with E-state index in [1.807, 2.05) is 38.1 Å². The van der Waals surface area contributed by atoms with E-state index in [1.165, 1.54) is 0 Å². The Labute approximate surface area is 173 Å². The summed E-state index contributed by atoms with van der Waals surface area (Å²) in [6.45, 7) is 4.58. The molecule has 1 saturated heterocycles. The Balaban J connectivity index is 1.86. The summed E-state index contributed by atoms with van der Waals surface area (Å²) in [5.74, 6) is 0.0480. The number of hydrogen-bond donors (Lipinski definition) is 0. The summed E-state index contributed by atoms with van der Waals surface area (Å²) < 4.78 is 34.3. The summed E-state index contributed by atoms with van der Waals surface area (Å²) in [5, 5.41) is 0. The van der Waals surface area contributed by atoms with E-state index in [1.54, 1.807) is 4.90 Å². The van der Waals surface area contributed by atoms with Crippen LogP contribution in [0.2, 0.25) is 0 Å². The second kappa shape index (κ2) is 11.2. The van der Waals surface area contributed by atoms with E-state index in [4.69, 9.17) is 9.47 Å². The van der Waals surface area contributed by atoms with Gasteiger partial charge in [-0.2, -0.15) is 0 Å². The lowest BCUT2D eigenvalue weighted by Gasteiger charge is -2.28. The molecule has 8 heteroatoms. The molecule has 0 bridgehead atoms. The second-order valence-corrected chi connectivity index (χ2v) is 9.43. The van der Waals surface area contributed by atoms with Crippen LogP contribution in [0.3, 0.4) is 0 Å². The lowest BCUT2D eigenvalue weighted by Crippen LogP contribution is -2.43. The Hall–Kier alpha value is -2.09. The van der Waals surface area contributed by atoms with Gasteiger partial charge in [-0.15, -0.1) is 0 Å². The maximum absolute atomic E-state index is 12.6. The van der Waals surface area contributed by atoms with Crippen molar-refractivity contribution in [2.75, 3.05) is 31.3 Å². The van der Waals surface area contributed by atoms with Crippen molar-refractivity contribution in [3.8, 4) is 5.75 Å². The first-order valence-corrected chi connectivity index (χ1v) is 12.0. The molecule has 1 amide bonds. The summed E-state index contributed by atoms with van der Waals surface area (Å²) in [4.78, 5) is 26.3. The molecule has 29 heavy (non-hydrogen) atoms. The number of ether oxygens (including phenoxy) is 2. The highest BCUT2D eigenvalue weighted by Gasteiger charge is 2.34. The maximum atomic E-state index is 12.6. The zero-order valence-corrected chi connectivity index (χ0v) is 18.1. The molecule has 0 radical (unpaired) electrons. The van der Waals surface area contributed by atoms with Crippen LogP contribution in [0.4, 0.5) is 0 Å². The van der Waals surface area contributed by atoms with E-state index >= 15 is 0 Å². The average molecular weight is 426 g/mol. The SMILES string of the molecule is CCCCN(C(=O)COC(=O)CCc1ccccc1OCC)C1CCS(=O)(=O)C1. The Morgan fingerprint density at radius 1 is 1.21 bits per heavy atom. The van der Waals surface area contributed by atoms with Crippen LogP contribution < -0.4 is 4.74 Å². The van der Waals surface area contributed by atoms with E-state index < -0.39 is 15.8 Å². The number of para-hydroxylation sites is 1. The molecule has 2 rings (SSSR count). The van der Waals surface area contributed by atoms with E-state index in [-0.39, 0.29) is 36.5 Å². The van der Waals surface area contributed by atoms with E-state index in [0.717, 1.165) is 24.2 Å². The summed E-state index contributed by atoms with van der Waals surface area (Å²) in [6.07, 6.45) is 2.72. The second-order valence-electron chi connectivity index (χ2n) is 7.20. The standard InChI is InChI=1S/C21H31NO6S/c1-3-5-13-22(18-12-14-29(25,26)16-18)20(23)15-28-21(24)11-10-17-8-6-7-9-19(17)27-4-2/h6-9,18H,3-5,10-16H2,1-2H3. The molecule has 1 aliphatic heterocycles. The van der Waals surface area contributed by atoms with E-state index in [2.05, 4.69) is 0 Å². The molecule has 1 aromatic rings. The number of rotatable bonds is 11. The minimum absolute atomic E-state index is 0.00931. The van der Waals surface area contributed by atoms with Crippen LogP contribution in [-0.4, -0.2) is 62.5 Å². The van der Waals surface area contributed by atoms with Crippen molar-refractivity contribution in [3.05, 3.63) is 29.8 Å². The van der Waals surface area contributed by atoms with Crippen molar-refractivity contribution < 1.29 is 27.5 Å². The smallest absolute Gasteiger partial charge is 0.306 e. The minimum atomic E-state index is -3.09. The molecule has 0 saturated carbocycles. The van der Waals surface area contributed by atoms with Gasteiger partial charge in [0.25, 0.3) is 5.91 Å². The number of sulfone groups is 1. The number of aryl methyl sites for hydroxylation is 1. The zero-order valence-electron chi connectivity index (χ0n) is 17.3. The van der Waals surface area contributed by atoms with Crippen LogP contribution in [0.1, 0.15) is 45.1 Å². The molecular weight excluding hydrogens is 394 g/mol. The van der Waals surface area contributed by atoms with Crippen molar-refractivity contribution in [3.63, 3.8) is 0 Å². The largest absolute Gasteiger partial charge is 0.494 e. The normalized spacial score (nSPS) is 17.7. The molecule has 1 aliphatic rings. The lowest BCUT2D eigenvalue weighted by atomic mass is 10.1. The van der Waals surface area contributed by atoms with Crippen molar-refractivity contribution in [2.24, 2.45) is 0 Å². The van der Waals surface area contributed by atoms with Crippen molar-refractivity contribution in [2.45, 2.75) is 52.0 Å². The monoisotopic (exact) mass is 425 g/mol. The maximum Gasteiger partial charge on any atom is 0.306 e. The molecule has 0 aromatic heterocycles. The Kier molecular flexibility index (Phi) is 8.95. The zero-order chi connectivity index (χ0) is 21.3. The highest BCUT2D eigenvalue weighted by atomic mass is 32.2. The minimum Gasteiger partial charge on any atom is -0.494 e. The average Bonchev–Trinajstić information content (AvgIpc) is 3.05. The number of nitrogens with zero attached hydrogens (tertiary/aromatic N) is 1. The summed E-state index contributed by atoms with van der Waals surface area (Å²) in [7, 11) is -3.09. The highest BCUT2D eigenvalue weighted by molar-refractivity contribution is 7.91. The fourth-order valence-electron chi connectivity index (χ4n) is 3.40. The third-order valence-corrected chi connectivity index (χ3v) is 6.70. The van der Waals surface area contributed by atoms with Gasteiger partial charge in [0.15, 0.2) is 16.4 Å². The lowest BCUT2D eigenvalue weighted by molar-refractivity contribution is -0.152. The first-order valence-electron chi connectivity index (χ1n) is 10.2. The van der Waals surface area contributed by atoms with Gasteiger partial charge in [0, 0.05) is 19.0 Å². The fraction of sp³-hybridized carbons (Fsp3) is 0.619. The molecule has 1 fully saturated rings. The summed E-state index contributed by atoms with van der Waals surface area (Å²) in [5.41, 5.74) is 0.915. The molecule has 162 valence electrons. The summed E-state index contributed by atoms with van der Waals surface area (Å²) in [6, 6.07) is 7.19. The van der Waals surface area contributed by atoms with Gasteiger partial charge in [-0.1, -0.05) is 31.5 Å². The van der Waals surface area contributed by atoms with Gasteiger partial charge < -0.3 is 14.4 Å². The van der Waals surface area contributed by atoms with E-state index in [9.17, 15) is 18.0 Å². The molecule has 1 unspecified atom stereocenters. The number of carbonyl (C=O) groups excluding carboxylic acids is 2. The molecule has 1 atom stereocenters. The predicted octanol–water partition coefficient (Wildman–Crippen LogP) is 2.38. The Bertz CT molecular complexity index is 792. The highest BCUT2D eigenvalue weighted by Crippen LogP contribution is 2.20. The molecule has 0 spiro atoms. The van der Waals surface area contributed by atoms with Gasteiger partial charge in [0.2, 0.25) is 0 Å². The van der Waals surface area contributed by atoms with Gasteiger partial charge in [-0.25, -0.2) is 8.42 Å². The van der Waals surface area contributed by atoms with Crippen molar-refractivity contribution >= 4 is 21.7 Å². The van der Waals surface area contributed by atoms with Crippen molar-refractivity contribution in [1.82, 2.24) is 4.90 Å². The van der Waals surface area contributed by atoms with Crippen LogP contribution in [0.5, 0.6) is 5.75 Å². The molecule has 1 heterocycles. The van der Waals surface area contributed by atoms with Crippen LogP contribution in [0.15, 0.2) is 24.3 Å². The number of esters is 1. The molecule has 1 aromatic carbocycles. The number of amides is 1. The number of carbonyl (C=O) groups is 2. The Morgan fingerprint density at radius 3 is 2.62 bits per heavy atom. The number of benzene rings is 1. The summed E-state index contributed by atoms with van der Waals surface area (Å²) >= 11 is 0. The Morgan fingerprint density at radius 2 is 1.97 bits per heavy atom. The fourth-order valence-corrected chi connectivity index (χ4v) is 5.13. The van der Waals surface area contributed by atoms with Crippen molar-refractivity contribution in [1.29, 1.82) is 0 Å². The van der Waals surface area contributed by atoms with Gasteiger partial charge in [-0.05, 0) is 37.8 Å². The first kappa shape index (κ1) is 23.2. The van der Waals surface area contributed by atoms with E-state index in [0.29, 0.717) is 26.0 Å². The topological polar surface area (TPSA) is 90.0 Å². The third kappa shape index (κ3) is 7.34. The molecule has 0 N–H and O–H groups in total. The van der Waals surface area contributed by atoms with Gasteiger partial charge in [-0.3, -0.25) is 9.59 Å². The van der Waals surface area contributed by atoms with Gasteiger partial charge >= 0.3 is 5.97 Å².